The average Bonchev–Trinajstić information content (AvgIpc) is 2.84. The molecule has 2 aromatic rings. The van der Waals surface area contributed by atoms with Gasteiger partial charge in [0.1, 0.15) is 5.56 Å². The van der Waals surface area contributed by atoms with Crippen molar-refractivity contribution in [3.05, 3.63) is 56.8 Å². The van der Waals surface area contributed by atoms with E-state index in [9.17, 15) is 14.4 Å². The largest absolute Gasteiger partial charge is 0.461 e. The number of aryl methyl sites for hydroxylation is 1. The van der Waals surface area contributed by atoms with Gasteiger partial charge in [-0.3, -0.25) is 14.2 Å². The molecular formula is C11H10N2O4. The van der Waals surface area contributed by atoms with Crippen molar-refractivity contribution >= 4 is 5.78 Å². The Kier molecular flexibility index (Phi) is 2.55. The second-order valence-electron chi connectivity index (χ2n) is 3.61. The number of ketones is 1. The molecule has 0 radical (unpaired) electrons. The van der Waals surface area contributed by atoms with E-state index in [1.54, 1.807) is 6.07 Å². The van der Waals surface area contributed by atoms with E-state index in [0.29, 0.717) is 0 Å². The Labute approximate surface area is 95.7 Å². The van der Waals surface area contributed by atoms with Gasteiger partial charge in [-0.05, 0) is 12.1 Å². The highest BCUT2D eigenvalue weighted by Gasteiger charge is 2.18. The maximum absolute atomic E-state index is 11.9. The molecule has 0 aliphatic carbocycles. The van der Waals surface area contributed by atoms with Crippen LogP contribution >= 0.6 is 0 Å². The lowest BCUT2D eigenvalue weighted by Gasteiger charge is -2.04. The predicted molar refractivity (Wildman–Crippen MR) is 59.1 cm³/mol. The maximum atomic E-state index is 11.9. The van der Waals surface area contributed by atoms with Gasteiger partial charge in [0.2, 0.25) is 5.78 Å². The van der Waals surface area contributed by atoms with E-state index in [2.05, 4.69) is 0 Å². The van der Waals surface area contributed by atoms with Crippen LogP contribution in [0.5, 0.6) is 0 Å². The van der Waals surface area contributed by atoms with Crippen LogP contribution in [0.4, 0.5) is 0 Å². The molecular weight excluding hydrogens is 224 g/mol. The number of hydrogen-bond donors (Lipinski definition) is 0. The summed E-state index contributed by atoms with van der Waals surface area (Å²) in [4.78, 5) is 35.1. The summed E-state index contributed by atoms with van der Waals surface area (Å²) >= 11 is 0. The third-order valence-corrected chi connectivity index (χ3v) is 2.44. The molecule has 2 aromatic heterocycles. The highest BCUT2D eigenvalue weighted by atomic mass is 16.3. The van der Waals surface area contributed by atoms with Crippen LogP contribution in [0.3, 0.4) is 0 Å². The predicted octanol–water partition coefficient (Wildman–Crippen LogP) is -0.0920. The third kappa shape index (κ3) is 1.73. The summed E-state index contributed by atoms with van der Waals surface area (Å²) in [6.07, 6.45) is 2.56. The van der Waals surface area contributed by atoms with E-state index in [0.717, 1.165) is 4.57 Å². The molecule has 0 N–H and O–H groups in total. The molecule has 0 saturated carbocycles. The van der Waals surface area contributed by atoms with E-state index in [-0.39, 0.29) is 11.3 Å². The normalized spacial score (nSPS) is 10.5. The molecule has 0 saturated heterocycles. The van der Waals surface area contributed by atoms with Crippen LogP contribution < -0.4 is 11.2 Å². The Morgan fingerprint density at radius 2 is 2.00 bits per heavy atom. The van der Waals surface area contributed by atoms with Gasteiger partial charge in [0.25, 0.3) is 5.56 Å². The molecule has 0 atom stereocenters. The summed E-state index contributed by atoms with van der Waals surface area (Å²) in [5.74, 6) is -0.466. The molecule has 6 heteroatoms. The van der Waals surface area contributed by atoms with Crippen LogP contribution in [-0.4, -0.2) is 14.9 Å². The average molecular weight is 234 g/mol. The quantitative estimate of drug-likeness (QED) is 0.680. The lowest BCUT2D eigenvalue weighted by atomic mass is 10.2. The Morgan fingerprint density at radius 1 is 1.29 bits per heavy atom. The molecule has 0 aliphatic heterocycles. The smallest absolute Gasteiger partial charge is 0.330 e. The molecule has 0 spiro atoms. The first-order valence-electron chi connectivity index (χ1n) is 4.87. The van der Waals surface area contributed by atoms with E-state index in [1.807, 2.05) is 0 Å². The van der Waals surface area contributed by atoms with Gasteiger partial charge >= 0.3 is 5.69 Å². The first-order chi connectivity index (χ1) is 8.02. The van der Waals surface area contributed by atoms with Crippen molar-refractivity contribution in [3.8, 4) is 0 Å². The molecule has 88 valence electrons. The molecule has 2 heterocycles. The third-order valence-electron chi connectivity index (χ3n) is 2.44. The second kappa shape index (κ2) is 3.89. The first-order valence-corrected chi connectivity index (χ1v) is 4.87. The first kappa shape index (κ1) is 11.1. The lowest BCUT2D eigenvalue weighted by Crippen LogP contribution is -2.39. The fraction of sp³-hybridized carbons (Fsp3) is 0.182. The van der Waals surface area contributed by atoms with Crippen molar-refractivity contribution in [2.24, 2.45) is 14.1 Å². The number of carbonyl (C=O) groups is 1. The zero-order valence-corrected chi connectivity index (χ0v) is 9.34. The van der Waals surface area contributed by atoms with Crippen LogP contribution in [0.15, 0.2) is 38.6 Å². The number of nitrogens with zero attached hydrogens (tertiary/aromatic N) is 2. The molecule has 0 aromatic carbocycles. The summed E-state index contributed by atoms with van der Waals surface area (Å²) in [6.45, 7) is 0. The number of furan rings is 1. The molecule has 6 nitrogen and oxygen atoms in total. The summed E-state index contributed by atoms with van der Waals surface area (Å²) < 4.78 is 6.99. The summed E-state index contributed by atoms with van der Waals surface area (Å²) in [5.41, 5.74) is -1.20. The minimum Gasteiger partial charge on any atom is -0.461 e. The number of hydrogen-bond acceptors (Lipinski definition) is 4. The zero-order valence-electron chi connectivity index (χ0n) is 9.34. The number of rotatable bonds is 2. The fourth-order valence-corrected chi connectivity index (χ4v) is 1.50. The van der Waals surface area contributed by atoms with Gasteiger partial charge in [-0.15, -0.1) is 0 Å². The van der Waals surface area contributed by atoms with Crippen LogP contribution in [0.1, 0.15) is 16.1 Å². The van der Waals surface area contributed by atoms with Crippen LogP contribution in [0.2, 0.25) is 0 Å². The minimum absolute atomic E-state index is 0.0701. The highest BCUT2D eigenvalue weighted by Crippen LogP contribution is 2.05. The molecule has 0 unspecified atom stereocenters. The second-order valence-corrected chi connectivity index (χ2v) is 3.61. The SMILES string of the molecule is Cn1cc(C(=O)c2ccco2)c(=O)n(C)c1=O. The molecule has 0 amide bonds. The summed E-state index contributed by atoms with van der Waals surface area (Å²) in [7, 11) is 2.80. The summed E-state index contributed by atoms with van der Waals surface area (Å²) in [5, 5.41) is 0. The fourth-order valence-electron chi connectivity index (χ4n) is 1.50. The topological polar surface area (TPSA) is 74.2 Å². The molecule has 0 bridgehead atoms. The van der Waals surface area contributed by atoms with Gasteiger partial charge in [0.05, 0.1) is 6.26 Å². The van der Waals surface area contributed by atoms with E-state index < -0.39 is 17.0 Å². The summed E-state index contributed by atoms with van der Waals surface area (Å²) in [6, 6.07) is 3.02. The standard InChI is InChI=1S/C11H10N2O4/c1-12-6-7(10(15)13(2)11(12)16)9(14)8-4-3-5-17-8/h3-6H,1-2H3. The Morgan fingerprint density at radius 3 is 2.59 bits per heavy atom. The monoisotopic (exact) mass is 234 g/mol. The number of carbonyl (C=O) groups excluding carboxylic acids is 1. The maximum Gasteiger partial charge on any atom is 0.330 e. The van der Waals surface area contributed by atoms with E-state index >= 15 is 0 Å². The van der Waals surface area contributed by atoms with Crippen molar-refractivity contribution in [2.45, 2.75) is 0 Å². The van der Waals surface area contributed by atoms with Gasteiger partial charge in [-0.2, -0.15) is 0 Å². The van der Waals surface area contributed by atoms with Gasteiger partial charge in [0.15, 0.2) is 5.76 Å². The molecule has 2 rings (SSSR count). The minimum atomic E-state index is -0.630. The van der Waals surface area contributed by atoms with Crippen molar-refractivity contribution < 1.29 is 9.21 Å². The van der Waals surface area contributed by atoms with Crippen molar-refractivity contribution in [2.75, 3.05) is 0 Å². The Hall–Kier alpha value is -2.37. The van der Waals surface area contributed by atoms with Crippen LogP contribution in [0.25, 0.3) is 0 Å². The van der Waals surface area contributed by atoms with E-state index in [1.165, 1.54) is 37.2 Å². The van der Waals surface area contributed by atoms with Gasteiger partial charge in [0, 0.05) is 20.3 Å². The molecule has 0 aliphatic rings. The van der Waals surface area contributed by atoms with Gasteiger partial charge in [-0.25, -0.2) is 4.79 Å². The highest BCUT2D eigenvalue weighted by molar-refractivity contribution is 6.06. The van der Waals surface area contributed by atoms with Crippen LogP contribution in [0, 0.1) is 0 Å². The Balaban J connectivity index is 2.66. The molecule has 0 fully saturated rings. The lowest BCUT2D eigenvalue weighted by molar-refractivity contribution is 0.101. The van der Waals surface area contributed by atoms with E-state index in [4.69, 9.17) is 4.42 Å². The molecule has 17 heavy (non-hydrogen) atoms. The number of aromatic nitrogens is 2. The van der Waals surface area contributed by atoms with Gasteiger partial charge in [-0.1, -0.05) is 0 Å². The van der Waals surface area contributed by atoms with Crippen LogP contribution in [-0.2, 0) is 14.1 Å². The van der Waals surface area contributed by atoms with Crippen molar-refractivity contribution in [1.29, 1.82) is 0 Å². The zero-order chi connectivity index (χ0) is 12.6. The van der Waals surface area contributed by atoms with Gasteiger partial charge < -0.3 is 8.98 Å². The van der Waals surface area contributed by atoms with Crippen molar-refractivity contribution in [1.82, 2.24) is 9.13 Å². The van der Waals surface area contributed by atoms with Crippen molar-refractivity contribution in [3.63, 3.8) is 0 Å². The Bertz CT molecular complexity index is 676.